The molecule has 1 aromatic carbocycles. The van der Waals surface area contributed by atoms with Crippen molar-refractivity contribution in [1.29, 1.82) is 0 Å². The van der Waals surface area contributed by atoms with E-state index in [1.165, 1.54) is 0 Å². The first-order chi connectivity index (χ1) is 11.6. The second-order valence-corrected chi connectivity index (χ2v) is 6.21. The second-order valence-electron chi connectivity index (χ2n) is 6.21. The van der Waals surface area contributed by atoms with Gasteiger partial charge in [0.1, 0.15) is 0 Å². The van der Waals surface area contributed by atoms with Crippen LogP contribution in [0.1, 0.15) is 24.1 Å². The second kappa shape index (κ2) is 7.45. The molecule has 0 saturated carbocycles. The first-order valence-electron chi connectivity index (χ1n) is 8.34. The van der Waals surface area contributed by atoms with E-state index in [1.807, 2.05) is 43.4 Å². The van der Waals surface area contributed by atoms with Crippen molar-refractivity contribution in [2.45, 2.75) is 31.4 Å². The highest BCUT2D eigenvalue weighted by Gasteiger charge is 2.32. The van der Waals surface area contributed by atoms with Crippen LogP contribution in [0.15, 0.2) is 48.7 Å². The highest BCUT2D eigenvalue weighted by Crippen LogP contribution is 2.22. The summed E-state index contributed by atoms with van der Waals surface area (Å²) in [6.07, 6.45) is 6.82. The Morgan fingerprint density at radius 2 is 2.12 bits per heavy atom. The van der Waals surface area contributed by atoms with Crippen LogP contribution in [0.25, 0.3) is 6.08 Å². The van der Waals surface area contributed by atoms with Crippen LogP contribution in [0, 0.1) is 0 Å². The van der Waals surface area contributed by atoms with Gasteiger partial charge in [-0.2, -0.15) is 5.10 Å². The van der Waals surface area contributed by atoms with E-state index in [-0.39, 0.29) is 11.9 Å². The number of carbonyl (C=O) groups is 1. The number of likely N-dealkylation sites (tertiary alicyclic amines) is 1. The molecule has 2 atom stereocenters. The number of piperidine rings is 1. The monoisotopic (exact) mass is 325 g/mol. The number of aromatic nitrogens is 2. The molecule has 0 radical (unpaired) electrons. The minimum Gasteiger partial charge on any atom is -0.391 e. The van der Waals surface area contributed by atoms with Gasteiger partial charge in [-0.05, 0) is 37.0 Å². The molecule has 0 spiro atoms. The van der Waals surface area contributed by atoms with Crippen molar-refractivity contribution < 1.29 is 9.90 Å². The van der Waals surface area contributed by atoms with Crippen LogP contribution in [0.4, 0.5) is 0 Å². The average molecular weight is 325 g/mol. The van der Waals surface area contributed by atoms with Crippen LogP contribution in [0.2, 0.25) is 0 Å². The van der Waals surface area contributed by atoms with Gasteiger partial charge in [0.05, 0.1) is 17.8 Å². The first-order valence-corrected chi connectivity index (χ1v) is 8.34. The number of rotatable bonds is 4. The van der Waals surface area contributed by atoms with E-state index < -0.39 is 6.10 Å². The standard InChI is InChI=1S/C19H23N3O2/c1-21-16(11-12-20-21)9-10-19(24)22-13-5-8-18(23)17(22)14-15-6-3-2-4-7-15/h2-4,6-7,9-12,17-18,23H,5,8,13-14H2,1H3/b10-9+/t17-,18-/m0/s1. The predicted octanol–water partition coefficient (Wildman–Crippen LogP) is 2.03. The number of aryl methyl sites for hydroxylation is 1. The van der Waals surface area contributed by atoms with Gasteiger partial charge in [-0.1, -0.05) is 30.3 Å². The number of aliphatic hydroxyl groups excluding tert-OH is 1. The number of carbonyl (C=O) groups excluding carboxylic acids is 1. The zero-order valence-electron chi connectivity index (χ0n) is 13.9. The van der Waals surface area contributed by atoms with Crippen LogP contribution in [0.5, 0.6) is 0 Å². The third-order valence-corrected chi connectivity index (χ3v) is 4.57. The van der Waals surface area contributed by atoms with Gasteiger partial charge >= 0.3 is 0 Å². The fraction of sp³-hybridized carbons (Fsp3) is 0.368. The summed E-state index contributed by atoms with van der Waals surface area (Å²) in [5.74, 6) is -0.0594. The Balaban J connectivity index is 1.74. The van der Waals surface area contributed by atoms with Crippen LogP contribution >= 0.6 is 0 Å². The van der Waals surface area contributed by atoms with Crippen LogP contribution in [0.3, 0.4) is 0 Å². The molecule has 5 nitrogen and oxygen atoms in total. The zero-order chi connectivity index (χ0) is 16.9. The molecule has 0 bridgehead atoms. The summed E-state index contributed by atoms with van der Waals surface area (Å²) in [7, 11) is 1.84. The minimum atomic E-state index is -0.479. The molecule has 1 aliphatic heterocycles. The smallest absolute Gasteiger partial charge is 0.246 e. The Hall–Kier alpha value is -2.40. The van der Waals surface area contributed by atoms with Crippen LogP contribution < -0.4 is 0 Å². The van der Waals surface area contributed by atoms with E-state index in [0.717, 1.165) is 24.1 Å². The van der Waals surface area contributed by atoms with Gasteiger partial charge in [0, 0.05) is 25.9 Å². The largest absolute Gasteiger partial charge is 0.391 e. The van der Waals surface area contributed by atoms with Crippen molar-refractivity contribution in [2.24, 2.45) is 7.05 Å². The lowest BCUT2D eigenvalue weighted by Gasteiger charge is -2.38. The summed E-state index contributed by atoms with van der Waals surface area (Å²) < 4.78 is 1.72. The Kier molecular flexibility index (Phi) is 5.11. The number of aliphatic hydroxyl groups is 1. The van der Waals surface area contributed by atoms with Gasteiger partial charge in [-0.3, -0.25) is 9.48 Å². The number of benzene rings is 1. The molecule has 24 heavy (non-hydrogen) atoms. The molecule has 1 N–H and O–H groups in total. The van der Waals surface area contributed by atoms with E-state index >= 15 is 0 Å². The average Bonchev–Trinajstić information content (AvgIpc) is 3.00. The quantitative estimate of drug-likeness (QED) is 0.875. The number of nitrogens with zero attached hydrogens (tertiary/aromatic N) is 3. The molecule has 1 saturated heterocycles. The molecule has 0 unspecified atom stereocenters. The van der Waals surface area contributed by atoms with Gasteiger partial charge in [-0.25, -0.2) is 0 Å². The molecule has 1 amide bonds. The first kappa shape index (κ1) is 16.5. The fourth-order valence-corrected chi connectivity index (χ4v) is 3.21. The molecule has 1 aromatic heterocycles. The molecular formula is C19H23N3O2. The molecular weight excluding hydrogens is 302 g/mol. The van der Waals surface area contributed by atoms with Gasteiger partial charge in [-0.15, -0.1) is 0 Å². The number of hydrogen-bond donors (Lipinski definition) is 1. The van der Waals surface area contributed by atoms with Crippen LogP contribution in [-0.4, -0.2) is 44.4 Å². The molecule has 1 aliphatic rings. The summed E-state index contributed by atoms with van der Waals surface area (Å²) in [5.41, 5.74) is 2.01. The maximum Gasteiger partial charge on any atom is 0.246 e. The molecule has 3 rings (SSSR count). The lowest BCUT2D eigenvalue weighted by atomic mass is 9.93. The summed E-state index contributed by atoms with van der Waals surface area (Å²) in [6.45, 7) is 0.684. The third kappa shape index (κ3) is 3.74. The summed E-state index contributed by atoms with van der Waals surface area (Å²) in [6, 6.07) is 11.7. The summed E-state index contributed by atoms with van der Waals surface area (Å²) in [5, 5.41) is 14.5. The van der Waals surface area contributed by atoms with E-state index in [9.17, 15) is 9.90 Å². The van der Waals surface area contributed by atoms with Gasteiger partial charge in [0.15, 0.2) is 0 Å². The Morgan fingerprint density at radius 3 is 2.83 bits per heavy atom. The van der Waals surface area contributed by atoms with Crippen molar-refractivity contribution in [1.82, 2.24) is 14.7 Å². The topological polar surface area (TPSA) is 58.4 Å². The van der Waals surface area contributed by atoms with Gasteiger partial charge < -0.3 is 10.0 Å². The van der Waals surface area contributed by atoms with Gasteiger partial charge in [0.2, 0.25) is 5.91 Å². The molecule has 5 heteroatoms. The molecule has 126 valence electrons. The molecule has 1 fully saturated rings. The Bertz CT molecular complexity index is 708. The molecule has 2 aromatic rings. The van der Waals surface area contributed by atoms with Gasteiger partial charge in [0.25, 0.3) is 0 Å². The molecule has 0 aliphatic carbocycles. The zero-order valence-corrected chi connectivity index (χ0v) is 13.9. The Morgan fingerprint density at radius 1 is 1.33 bits per heavy atom. The van der Waals surface area contributed by atoms with E-state index in [0.29, 0.717) is 13.0 Å². The lowest BCUT2D eigenvalue weighted by Crippen LogP contribution is -2.51. The number of hydrogen-bond acceptors (Lipinski definition) is 3. The van der Waals surface area contributed by atoms with Crippen molar-refractivity contribution in [2.75, 3.05) is 6.54 Å². The van der Waals surface area contributed by atoms with Crippen molar-refractivity contribution in [3.8, 4) is 0 Å². The highest BCUT2D eigenvalue weighted by atomic mass is 16.3. The summed E-state index contributed by atoms with van der Waals surface area (Å²) >= 11 is 0. The summed E-state index contributed by atoms with van der Waals surface area (Å²) in [4.78, 5) is 14.4. The van der Waals surface area contributed by atoms with E-state index in [4.69, 9.17) is 0 Å². The maximum absolute atomic E-state index is 12.6. The van der Waals surface area contributed by atoms with E-state index in [1.54, 1.807) is 27.9 Å². The third-order valence-electron chi connectivity index (χ3n) is 4.57. The fourth-order valence-electron chi connectivity index (χ4n) is 3.21. The maximum atomic E-state index is 12.6. The molecule has 2 heterocycles. The SMILES string of the molecule is Cn1nccc1/C=C/C(=O)N1CCC[C@H](O)[C@@H]1Cc1ccccc1. The van der Waals surface area contributed by atoms with E-state index in [2.05, 4.69) is 5.10 Å². The van der Waals surface area contributed by atoms with Crippen molar-refractivity contribution in [3.05, 3.63) is 59.9 Å². The van der Waals surface area contributed by atoms with Crippen molar-refractivity contribution >= 4 is 12.0 Å². The number of amides is 1. The normalized spacial score (nSPS) is 21.3. The highest BCUT2D eigenvalue weighted by molar-refractivity contribution is 5.91. The van der Waals surface area contributed by atoms with Crippen molar-refractivity contribution in [3.63, 3.8) is 0 Å². The Labute approximate surface area is 142 Å². The lowest BCUT2D eigenvalue weighted by molar-refractivity contribution is -0.133. The predicted molar refractivity (Wildman–Crippen MR) is 93.1 cm³/mol. The minimum absolute atomic E-state index is 0.0594. The van der Waals surface area contributed by atoms with Crippen LogP contribution in [-0.2, 0) is 18.3 Å².